The first kappa shape index (κ1) is 15.9. The second kappa shape index (κ2) is 6.31. The fourth-order valence-corrected chi connectivity index (χ4v) is 3.08. The quantitative estimate of drug-likeness (QED) is 0.789. The van der Waals surface area contributed by atoms with E-state index in [-0.39, 0.29) is 13.0 Å². The number of carbonyl (C=O) groups excluding carboxylic acids is 1. The van der Waals surface area contributed by atoms with E-state index in [0.717, 1.165) is 14.9 Å². The van der Waals surface area contributed by atoms with Crippen molar-refractivity contribution < 1.29 is 17.9 Å². The predicted octanol–water partition coefficient (Wildman–Crippen LogP) is 0.912. The van der Waals surface area contributed by atoms with E-state index in [1.165, 1.54) is 25.5 Å². The van der Waals surface area contributed by atoms with Crippen LogP contribution in [0.15, 0.2) is 0 Å². The van der Waals surface area contributed by atoms with Gasteiger partial charge in [0.25, 0.3) is 0 Å². The minimum Gasteiger partial charge on any atom is -0.469 e. The summed E-state index contributed by atoms with van der Waals surface area (Å²) in [7, 11) is -1.05. The Morgan fingerprint density at radius 2 is 2.11 bits per heavy atom. The third-order valence-electron chi connectivity index (χ3n) is 2.51. The molecule has 0 atom stereocenters. The molecule has 0 amide bonds. The average molecular weight is 307 g/mol. The van der Waals surface area contributed by atoms with Crippen molar-refractivity contribution in [2.75, 3.05) is 25.4 Å². The fourth-order valence-electron chi connectivity index (χ4n) is 1.18. The molecule has 1 heterocycles. The number of carbonyl (C=O) groups is 1. The Bertz CT molecular complexity index is 534. The third-order valence-corrected chi connectivity index (χ3v) is 5.09. The largest absolute Gasteiger partial charge is 0.469 e. The Balaban J connectivity index is 2.67. The SMILES string of the molecule is COC(=O)CCN(C)S(=O)(=O)Nc1nc(C)c(C)s1. The van der Waals surface area contributed by atoms with Crippen molar-refractivity contribution in [2.45, 2.75) is 20.3 Å². The molecule has 7 nitrogen and oxygen atoms in total. The minimum atomic E-state index is -3.70. The van der Waals surface area contributed by atoms with Gasteiger partial charge in [-0.25, -0.2) is 9.71 Å². The maximum absolute atomic E-state index is 12.0. The number of ether oxygens (including phenoxy) is 1. The summed E-state index contributed by atoms with van der Waals surface area (Å²) in [5.74, 6) is -0.456. The van der Waals surface area contributed by atoms with Crippen molar-refractivity contribution in [1.82, 2.24) is 9.29 Å². The number of hydrogen-bond acceptors (Lipinski definition) is 6. The van der Waals surface area contributed by atoms with Crippen LogP contribution in [0.25, 0.3) is 0 Å². The molecule has 19 heavy (non-hydrogen) atoms. The molecular formula is C10H17N3O4S2. The molecule has 0 unspecified atom stereocenters. The standard InChI is InChI=1S/C10H17N3O4S2/c1-7-8(2)18-10(11-7)12-19(15,16)13(3)6-5-9(14)17-4/h5-6H2,1-4H3,(H,11,12). The molecule has 0 fully saturated rings. The highest BCUT2D eigenvalue weighted by atomic mass is 32.2. The number of methoxy groups -OCH3 is 1. The van der Waals surface area contributed by atoms with E-state index in [4.69, 9.17) is 0 Å². The van der Waals surface area contributed by atoms with Gasteiger partial charge >= 0.3 is 16.2 Å². The van der Waals surface area contributed by atoms with Gasteiger partial charge in [0.2, 0.25) is 0 Å². The molecule has 0 bridgehead atoms. The Morgan fingerprint density at radius 1 is 1.47 bits per heavy atom. The average Bonchev–Trinajstić information content (AvgIpc) is 2.63. The van der Waals surface area contributed by atoms with E-state index in [1.54, 1.807) is 0 Å². The molecule has 1 aromatic heterocycles. The van der Waals surface area contributed by atoms with Gasteiger partial charge in [0.15, 0.2) is 5.13 Å². The summed E-state index contributed by atoms with van der Waals surface area (Å²) < 4.78 is 31.8. The summed E-state index contributed by atoms with van der Waals surface area (Å²) in [5, 5.41) is 0.319. The lowest BCUT2D eigenvalue weighted by Gasteiger charge is -2.16. The van der Waals surface area contributed by atoms with Gasteiger partial charge in [-0.3, -0.25) is 4.79 Å². The highest BCUT2D eigenvalue weighted by Gasteiger charge is 2.20. The van der Waals surface area contributed by atoms with Gasteiger partial charge in [0, 0.05) is 18.5 Å². The zero-order valence-corrected chi connectivity index (χ0v) is 12.9. The van der Waals surface area contributed by atoms with Crippen molar-refractivity contribution >= 4 is 32.6 Å². The van der Waals surface area contributed by atoms with Crippen LogP contribution >= 0.6 is 11.3 Å². The van der Waals surface area contributed by atoms with E-state index in [9.17, 15) is 13.2 Å². The minimum absolute atomic E-state index is 0.00380. The van der Waals surface area contributed by atoms with Crippen LogP contribution in [-0.4, -0.2) is 44.4 Å². The smallest absolute Gasteiger partial charge is 0.306 e. The lowest BCUT2D eigenvalue weighted by Crippen LogP contribution is -2.34. The normalized spacial score (nSPS) is 11.6. The van der Waals surface area contributed by atoms with E-state index in [2.05, 4.69) is 14.4 Å². The fraction of sp³-hybridized carbons (Fsp3) is 0.600. The summed E-state index contributed by atoms with van der Waals surface area (Å²) in [5.41, 5.74) is 0.792. The van der Waals surface area contributed by atoms with Crippen molar-refractivity contribution in [1.29, 1.82) is 0 Å². The summed E-state index contributed by atoms with van der Waals surface area (Å²) >= 11 is 1.27. The summed E-state index contributed by atoms with van der Waals surface area (Å²) in [6, 6.07) is 0. The molecule has 0 radical (unpaired) electrons. The number of anilines is 1. The Hall–Kier alpha value is -1.19. The summed E-state index contributed by atoms with van der Waals surface area (Å²) in [6.45, 7) is 3.72. The number of aryl methyl sites for hydroxylation is 2. The van der Waals surface area contributed by atoms with Crippen LogP contribution in [0.2, 0.25) is 0 Å². The molecule has 108 valence electrons. The molecule has 0 aliphatic rings. The molecule has 1 N–H and O–H groups in total. The third kappa shape index (κ3) is 4.44. The molecule has 9 heteroatoms. The molecule has 0 aliphatic heterocycles. The summed E-state index contributed by atoms with van der Waals surface area (Å²) in [6.07, 6.45) is 0.00380. The van der Waals surface area contributed by atoms with Gasteiger partial charge in [-0.1, -0.05) is 0 Å². The number of nitrogens with zero attached hydrogens (tertiary/aromatic N) is 2. The molecule has 0 saturated carbocycles. The molecule has 0 saturated heterocycles. The highest BCUT2D eigenvalue weighted by Crippen LogP contribution is 2.22. The number of hydrogen-bond donors (Lipinski definition) is 1. The van der Waals surface area contributed by atoms with Gasteiger partial charge in [0.05, 0.1) is 19.2 Å². The topological polar surface area (TPSA) is 88.6 Å². The Kier molecular flexibility index (Phi) is 5.27. The maximum Gasteiger partial charge on any atom is 0.306 e. The maximum atomic E-state index is 12.0. The molecule has 0 aliphatic carbocycles. The lowest BCUT2D eigenvalue weighted by atomic mass is 10.4. The Morgan fingerprint density at radius 3 is 2.58 bits per heavy atom. The van der Waals surface area contributed by atoms with Crippen LogP contribution in [0.4, 0.5) is 5.13 Å². The van der Waals surface area contributed by atoms with E-state index in [1.807, 2.05) is 13.8 Å². The zero-order valence-electron chi connectivity index (χ0n) is 11.3. The predicted molar refractivity (Wildman–Crippen MR) is 73.4 cm³/mol. The number of aromatic nitrogens is 1. The van der Waals surface area contributed by atoms with Crippen molar-refractivity contribution in [2.24, 2.45) is 0 Å². The van der Waals surface area contributed by atoms with E-state index < -0.39 is 16.2 Å². The first-order chi connectivity index (χ1) is 8.76. The van der Waals surface area contributed by atoms with Gasteiger partial charge in [-0.15, -0.1) is 11.3 Å². The number of rotatable bonds is 6. The molecule has 0 aromatic carbocycles. The highest BCUT2D eigenvalue weighted by molar-refractivity contribution is 7.90. The van der Waals surface area contributed by atoms with E-state index in [0.29, 0.717) is 5.13 Å². The molecule has 1 aromatic rings. The zero-order chi connectivity index (χ0) is 14.6. The van der Waals surface area contributed by atoms with Gasteiger partial charge < -0.3 is 4.74 Å². The second-order valence-electron chi connectivity index (χ2n) is 3.92. The Labute approximate surface area is 116 Å². The molecule has 1 rings (SSSR count). The van der Waals surface area contributed by atoms with Crippen LogP contribution < -0.4 is 4.72 Å². The van der Waals surface area contributed by atoms with Crippen LogP contribution in [0, 0.1) is 13.8 Å². The van der Waals surface area contributed by atoms with E-state index >= 15 is 0 Å². The van der Waals surface area contributed by atoms with Crippen molar-refractivity contribution in [3.05, 3.63) is 10.6 Å². The monoisotopic (exact) mass is 307 g/mol. The van der Waals surface area contributed by atoms with Crippen molar-refractivity contribution in [3.63, 3.8) is 0 Å². The summed E-state index contributed by atoms with van der Waals surface area (Å²) in [4.78, 5) is 16.0. The first-order valence-electron chi connectivity index (χ1n) is 5.51. The van der Waals surface area contributed by atoms with Gasteiger partial charge in [0.1, 0.15) is 0 Å². The lowest BCUT2D eigenvalue weighted by molar-refractivity contribution is -0.140. The molecule has 0 spiro atoms. The van der Waals surface area contributed by atoms with Gasteiger partial charge in [-0.2, -0.15) is 12.7 Å². The van der Waals surface area contributed by atoms with Crippen LogP contribution in [0.5, 0.6) is 0 Å². The number of nitrogens with one attached hydrogen (secondary N) is 1. The van der Waals surface area contributed by atoms with Crippen LogP contribution in [0.3, 0.4) is 0 Å². The first-order valence-corrected chi connectivity index (χ1v) is 7.77. The van der Waals surface area contributed by atoms with Crippen molar-refractivity contribution in [3.8, 4) is 0 Å². The molecular weight excluding hydrogens is 290 g/mol. The van der Waals surface area contributed by atoms with Crippen LogP contribution in [-0.2, 0) is 19.7 Å². The van der Waals surface area contributed by atoms with Gasteiger partial charge in [-0.05, 0) is 13.8 Å². The van der Waals surface area contributed by atoms with Crippen LogP contribution in [0.1, 0.15) is 17.0 Å². The number of esters is 1. The number of thiazole rings is 1. The second-order valence-corrected chi connectivity index (χ2v) is 6.90.